The first-order valence-corrected chi connectivity index (χ1v) is 5.59. The Bertz CT molecular complexity index is 248. The summed E-state index contributed by atoms with van der Waals surface area (Å²) in [5.41, 5.74) is 0. The third-order valence-corrected chi connectivity index (χ3v) is 3.18. The van der Waals surface area contributed by atoms with Crippen molar-refractivity contribution in [1.82, 2.24) is 5.32 Å². The number of halogens is 1. The molecule has 0 aliphatic rings. The fraction of sp³-hybridized carbons (Fsp3) is 0.556. The highest BCUT2D eigenvalue weighted by Crippen LogP contribution is 2.18. The molecule has 0 aromatic carbocycles. The summed E-state index contributed by atoms with van der Waals surface area (Å²) >= 11 is 7.41. The summed E-state index contributed by atoms with van der Waals surface area (Å²) in [5, 5.41) is 14.9. The van der Waals surface area contributed by atoms with E-state index in [1.807, 2.05) is 11.4 Å². The van der Waals surface area contributed by atoms with Gasteiger partial charge in [-0.3, -0.25) is 0 Å². The van der Waals surface area contributed by atoms with E-state index < -0.39 is 0 Å². The van der Waals surface area contributed by atoms with Crippen molar-refractivity contribution in [2.45, 2.75) is 25.9 Å². The number of aliphatic hydroxyl groups is 1. The van der Waals surface area contributed by atoms with Crippen LogP contribution in [0.3, 0.4) is 0 Å². The Hall–Kier alpha value is -0.0900. The molecule has 0 bridgehead atoms. The first-order valence-electron chi connectivity index (χ1n) is 4.33. The maximum atomic E-state index is 8.92. The van der Waals surface area contributed by atoms with E-state index in [1.54, 1.807) is 11.3 Å². The highest BCUT2D eigenvalue weighted by Gasteiger charge is 2.04. The number of aliphatic hydroxyl groups excluding tert-OH is 1. The first-order chi connectivity index (χ1) is 6.26. The molecule has 0 amide bonds. The van der Waals surface area contributed by atoms with Gasteiger partial charge in [-0.15, -0.1) is 11.3 Å². The standard InChI is InChI=1S/C9H14ClNOS/c1-2-8(5-12)11-4-9-3-7(10)6-13-9/h3,6,8,11-12H,2,4-5H2,1H3/t8-/m1/s1. The highest BCUT2D eigenvalue weighted by atomic mass is 35.5. The molecular weight excluding hydrogens is 206 g/mol. The maximum Gasteiger partial charge on any atom is 0.0584 e. The predicted octanol–water partition coefficient (Wildman–Crippen LogP) is 2.26. The summed E-state index contributed by atoms with van der Waals surface area (Å²) in [7, 11) is 0. The number of hydrogen-bond acceptors (Lipinski definition) is 3. The fourth-order valence-electron chi connectivity index (χ4n) is 1.03. The van der Waals surface area contributed by atoms with Crippen LogP contribution < -0.4 is 5.32 Å². The van der Waals surface area contributed by atoms with Crippen molar-refractivity contribution in [3.63, 3.8) is 0 Å². The molecule has 0 aliphatic carbocycles. The van der Waals surface area contributed by atoms with Crippen LogP contribution in [0.2, 0.25) is 5.02 Å². The second kappa shape index (κ2) is 5.60. The summed E-state index contributed by atoms with van der Waals surface area (Å²) in [6.07, 6.45) is 0.940. The number of nitrogens with one attached hydrogen (secondary N) is 1. The predicted molar refractivity (Wildman–Crippen MR) is 57.3 cm³/mol. The van der Waals surface area contributed by atoms with Crippen LogP contribution in [-0.2, 0) is 6.54 Å². The largest absolute Gasteiger partial charge is 0.395 e. The van der Waals surface area contributed by atoms with Crippen LogP contribution in [0.15, 0.2) is 11.4 Å². The van der Waals surface area contributed by atoms with Crippen molar-refractivity contribution in [2.24, 2.45) is 0 Å². The molecule has 1 aromatic rings. The number of hydrogen-bond donors (Lipinski definition) is 2. The monoisotopic (exact) mass is 219 g/mol. The lowest BCUT2D eigenvalue weighted by molar-refractivity contribution is 0.238. The van der Waals surface area contributed by atoms with Crippen LogP contribution in [0, 0.1) is 0 Å². The third kappa shape index (κ3) is 3.65. The average molecular weight is 220 g/mol. The van der Waals surface area contributed by atoms with Crippen molar-refractivity contribution in [3.8, 4) is 0 Å². The quantitative estimate of drug-likeness (QED) is 0.797. The number of thiophene rings is 1. The summed E-state index contributed by atoms with van der Waals surface area (Å²) in [5.74, 6) is 0. The van der Waals surface area contributed by atoms with Crippen molar-refractivity contribution in [2.75, 3.05) is 6.61 Å². The van der Waals surface area contributed by atoms with Gasteiger partial charge in [-0.1, -0.05) is 18.5 Å². The fourth-order valence-corrected chi connectivity index (χ4v) is 2.05. The van der Waals surface area contributed by atoms with Gasteiger partial charge in [-0.05, 0) is 12.5 Å². The van der Waals surface area contributed by atoms with E-state index in [0.717, 1.165) is 18.0 Å². The molecule has 0 aliphatic heterocycles. The minimum atomic E-state index is 0.190. The summed E-state index contributed by atoms with van der Waals surface area (Å²) < 4.78 is 0. The lowest BCUT2D eigenvalue weighted by Gasteiger charge is -2.12. The van der Waals surface area contributed by atoms with Gasteiger partial charge in [-0.25, -0.2) is 0 Å². The Morgan fingerprint density at radius 2 is 2.46 bits per heavy atom. The van der Waals surface area contributed by atoms with Crippen LogP contribution in [0.25, 0.3) is 0 Å². The molecule has 74 valence electrons. The second-order valence-electron chi connectivity index (χ2n) is 2.90. The van der Waals surface area contributed by atoms with Gasteiger partial charge in [0.1, 0.15) is 0 Å². The normalized spacial score (nSPS) is 13.2. The van der Waals surface area contributed by atoms with Crippen molar-refractivity contribution in [3.05, 3.63) is 21.3 Å². The minimum Gasteiger partial charge on any atom is -0.395 e. The molecule has 4 heteroatoms. The van der Waals surface area contributed by atoms with Gasteiger partial charge >= 0.3 is 0 Å². The van der Waals surface area contributed by atoms with Crippen molar-refractivity contribution >= 4 is 22.9 Å². The lowest BCUT2D eigenvalue weighted by atomic mass is 10.2. The molecule has 0 unspecified atom stereocenters. The molecule has 0 saturated heterocycles. The molecule has 2 nitrogen and oxygen atoms in total. The van der Waals surface area contributed by atoms with E-state index in [1.165, 1.54) is 4.88 Å². The van der Waals surface area contributed by atoms with Crippen molar-refractivity contribution in [1.29, 1.82) is 0 Å². The lowest BCUT2D eigenvalue weighted by Crippen LogP contribution is -2.30. The van der Waals surface area contributed by atoms with E-state index in [4.69, 9.17) is 16.7 Å². The molecule has 1 atom stereocenters. The third-order valence-electron chi connectivity index (χ3n) is 1.90. The summed E-state index contributed by atoms with van der Waals surface area (Å²) in [6, 6.07) is 2.14. The van der Waals surface area contributed by atoms with E-state index in [2.05, 4.69) is 12.2 Å². The Labute approximate surface area is 87.5 Å². The van der Waals surface area contributed by atoms with Crippen LogP contribution in [0.4, 0.5) is 0 Å². The second-order valence-corrected chi connectivity index (χ2v) is 4.33. The average Bonchev–Trinajstić information content (AvgIpc) is 2.53. The van der Waals surface area contributed by atoms with Crippen LogP contribution >= 0.6 is 22.9 Å². The van der Waals surface area contributed by atoms with Gasteiger partial charge < -0.3 is 10.4 Å². The zero-order chi connectivity index (χ0) is 9.68. The molecule has 2 N–H and O–H groups in total. The molecule has 1 heterocycles. The molecule has 1 aromatic heterocycles. The molecular formula is C9H14ClNOS. The smallest absolute Gasteiger partial charge is 0.0584 e. The Morgan fingerprint density at radius 1 is 1.69 bits per heavy atom. The zero-order valence-electron chi connectivity index (χ0n) is 7.59. The Morgan fingerprint density at radius 3 is 2.92 bits per heavy atom. The SMILES string of the molecule is CC[C@H](CO)NCc1cc(Cl)cs1. The Kier molecular flexibility index (Phi) is 4.73. The molecule has 0 radical (unpaired) electrons. The van der Waals surface area contributed by atoms with Crippen LogP contribution in [0.1, 0.15) is 18.2 Å². The van der Waals surface area contributed by atoms with Gasteiger partial charge in [0.2, 0.25) is 0 Å². The van der Waals surface area contributed by atoms with Crippen LogP contribution in [0.5, 0.6) is 0 Å². The Balaban J connectivity index is 2.33. The van der Waals surface area contributed by atoms with E-state index in [-0.39, 0.29) is 12.6 Å². The first kappa shape index (κ1) is 11.0. The summed E-state index contributed by atoms with van der Waals surface area (Å²) in [4.78, 5) is 1.21. The molecule has 1 rings (SSSR count). The molecule has 0 fully saturated rings. The summed E-state index contributed by atoms with van der Waals surface area (Å²) in [6.45, 7) is 3.03. The maximum absolute atomic E-state index is 8.92. The van der Waals surface area contributed by atoms with Gasteiger partial charge in [-0.2, -0.15) is 0 Å². The molecule has 0 spiro atoms. The van der Waals surface area contributed by atoms with Crippen LogP contribution in [-0.4, -0.2) is 17.8 Å². The van der Waals surface area contributed by atoms with E-state index in [0.29, 0.717) is 0 Å². The molecule has 13 heavy (non-hydrogen) atoms. The number of rotatable bonds is 5. The van der Waals surface area contributed by atoms with Gasteiger partial charge in [0.15, 0.2) is 0 Å². The highest BCUT2D eigenvalue weighted by molar-refractivity contribution is 7.10. The minimum absolute atomic E-state index is 0.190. The van der Waals surface area contributed by atoms with Gasteiger partial charge in [0.05, 0.1) is 11.6 Å². The van der Waals surface area contributed by atoms with E-state index in [9.17, 15) is 0 Å². The van der Waals surface area contributed by atoms with Gasteiger partial charge in [0, 0.05) is 22.8 Å². The van der Waals surface area contributed by atoms with E-state index >= 15 is 0 Å². The topological polar surface area (TPSA) is 32.3 Å². The molecule has 0 saturated carbocycles. The van der Waals surface area contributed by atoms with Crippen molar-refractivity contribution < 1.29 is 5.11 Å². The zero-order valence-corrected chi connectivity index (χ0v) is 9.16. The van der Waals surface area contributed by atoms with Gasteiger partial charge in [0.25, 0.3) is 0 Å².